The molecule has 3 aliphatic heterocycles. The molecule has 0 spiro atoms. The Kier molecular flexibility index (Phi) is 8.40. The lowest BCUT2D eigenvalue weighted by Crippen LogP contribution is -2.41. The number of aryl methyl sites for hydroxylation is 3. The van der Waals surface area contributed by atoms with Gasteiger partial charge in [0.25, 0.3) is 6.43 Å². The maximum atomic E-state index is 17.2. The predicted molar refractivity (Wildman–Crippen MR) is 195 cm³/mol. The highest BCUT2D eigenvalue weighted by molar-refractivity contribution is 6.43. The van der Waals surface area contributed by atoms with E-state index in [2.05, 4.69) is 27.1 Å². The van der Waals surface area contributed by atoms with Crippen molar-refractivity contribution in [2.75, 3.05) is 13.1 Å². The van der Waals surface area contributed by atoms with Gasteiger partial charge in [-0.15, -0.1) is 0 Å². The Balaban J connectivity index is 1.25. The number of fused-ring (bicyclic) bond motifs is 4. The molecule has 2 aromatic carbocycles. The number of nitrogens with one attached hydrogen (secondary N) is 1. The van der Waals surface area contributed by atoms with Crippen LogP contribution in [0.5, 0.6) is 5.75 Å². The summed E-state index contributed by atoms with van der Waals surface area (Å²) in [5.41, 5.74) is 3.53. The molecule has 5 aromatic rings. The Hall–Kier alpha value is -4.31. The summed E-state index contributed by atoms with van der Waals surface area (Å²) >= 11 is 13.1. The van der Waals surface area contributed by atoms with E-state index < -0.39 is 24.4 Å². The summed E-state index contributed by atoms with van der Waals surface area (Å²) in [7, 11) is 1.45. The van der Waals surface area contributed by atoms with E-state index in [4.69, 9.17) is 32.9 Å². The largest absolute Gasteiger partial charge is 0.485 e. The summed E-state index contributed by atoms with van der Waals surface area (Å²) in [6.07, 6.45) is 1.42. The summed E-state index contributed by atoms with van der Waals surface area (Å²) in [6, 6.07) is 11.1. The molecular weight excluding hydrogens is 726 g/mol. The minimum Gasteiger partial charge on any atom is -0.485 e. The zero-order chi connectivity index (χ0) is 36.9. The van der Waals surface area contributed by atoms with Gasteiger partial charge in [0, 0.05) is 71.7 Å². The van der Waals surface area contributed by atoms with Gasteiger partial charge in [-0.1, -0.05) is 35.3 Å². The first-order chi connectivity index (χ1) is 25.5. The lowest BCUT2D eigenvalue weighted by Gasteiger charge is -2.39. The number of benzene rings is 2. The van der Waals surface area contributed by atoms with Crippen LogP contribution >= 0.6 is 23.2 Å². The topological polar surface area (TPSA) is 101 Å². The number of ether oxygens (including phenoxy) is 1. The maximum Gasteiger partial charge on any atom is 0.283 e. The maximum absolute atomic E-state index is 17.2. The summed E-state index contributed by atoms with van der Waals surface area (Å²) in [5.74, 6) is -0.255. The Bertz CT molecular complexity index is 2350. The van der Waals surface area contributed by atoms with Crippen LogP contribution in [0.1, 0.15) is 73.3 Å². The molecule has 2 saturated carbocycles. The summed E-state index contributed by atoms with van der Waals surface area (Å²) in [5, 5.41) is 19.2. The molecule has 14 heteroatoms. The zero-order valence-electron chi connectivity index (χ0n) is 29.1. The number of amides is 1. The van der Waals surface area contributed by atoms with E-state index in [1.54, 1.807) is 18.2 Å². The van der Waals surface area contributed by atoms with E-state index in [0.717, 1.165) is 47.1 Å². The van der Waals surface area contributed by atoms with Gasteiger partial charge in [-0.05, 0) is 62.3 Å². The minimum absolute atomic E-state index is 0.00998. The van der Waals surface area contributed by atoms with Crippen LogP contribution in [0.15, 0.2) is 36.5 Å². The van der Waals surface area contributed by atoms with Crippen LogP contribution in [0.2, 0.25) is 10.0 Å². The fourth-order valence-electron chi connectivity index (χ4n) is 9.02. The second-order valence-electron chi connectivity index (χ2n) is 14.9. The Labute approximate surface area is 313 Å². The van der Waals surface area contributed by atoms with Gasteiger partial charge in [0.05, 0.1) is 46.5 Å². The number of alkyl halides is 2. The van der Waals surface area contributed by atoms with Gasteiger partial charge in [0.2, 0.25) is 5.91 Å². The third-order valence-corrected chi connectivity index (χ3v) is 12.5. The molecule has 1 N–H and O–H groups in total. The number of halogens is 5. The monoisotopic (exact) mass is 761 g/mol. The predicted octanol–water partition coefficient (Wildman–Crippen LogP) is 8.40. The second-order valence-corrected chi connectivity index (χ2v) is 15.6. The lowest BCUT2D eigenvalue weighted by molar-refractivity contribution is -0.133. The number of aromatic nitrogens is 4. The van der Waals surface area contributed by atoms with Crippen LogP contribution in [0.4, 0.5) is 13.2 Å². The molecule has 5 atom stereocenters. The molecule has 10 rings (SSSR count). The van der Waals surface area contributed by atoms with E-state index in [0.29, 0.717) is 39.6 Å². The Morgan fingerprint density at radius 3 is 2.70 bits per heavy atom. The molecule has 0 radical (unpaired) electrons. The van der Waals surface area contributed by atoms with E-state index in [1.165, 1.54) is 13.2 Å². The van der Waals surface area contributed by atoms with Crippen molar-refractivity contribution in [2.45, 2.75) is 76.1 Å². The van der Waals surface area contributed by atoms with Gasteiger partial charge in [-0.25, -0.2) is 18.2 Å². The first-order valence-electron chi connectivity index (χ1n) is 18.0. The highest BCUT2D eigenvalue weighted by Crippen LogP contribution is 2.51. The quantitative estimate of drug-likeness (QED) is 0.162. The van der Waals surface area contributed by atoms with Gasteiger partial charge in [-0.2, -0.15) is 10.4 Å². The molecule has 274 valence electrons. The van der Waals surface area contributed by atoms with Crippen LogP contribution in [-0.2, 0) is 18.3 Å². The van der Waals surface area contributed by atoms with E-state index in [1.807, 2.05) is 17.9 Å². The molecule has 2 bridgehead atoms. The first kappa shape index (κ1) is 34.5. The molecular formula is C39H36Cl2F3N7O2. The average Bonchev–Trinajstić information content (AvgIpc) is 3.52. The first-order valence-corrected chi connectivity index (χ1v) is 18.8. The van der Waals surface area contributed by atoms with Gasteiger partial charge in [-0.3, -0.25) is 9.48 Å². The minimum atomic E-state index is -2.78. The van der Waals surface area contributed by atoms with Crippen LogP contribution in [0.25, 0.3) is 32.9 Å². The number of rotatable bonds is 9. The van der Waals surface area contributed by atoms with E-state index >= 15 is 4.39 Å². The SMILES string of the molecule is Cc1nc2c(F)c(-c3cccc(Cl)c3Cl)c(CCC#N)cc2c2c1cc(C1CC(Oc3cnn(C)c3C(F)F)CN1C(=O)C1CC1)n2C1C2CNC1C2. The number of nitrogens with zero attached hydrogens (tertiary/aromatic N) is 6. The molecule has 53 heavy (non-hydrogen) atoms. The van der Waals surface area contributed by atoms with E-state index in [9.17, 15) is 18.8 Å². The summed E-state index contributed by atoms with van der Waals surface area (Å²) in [6.45, 7) is 2.94. The van der Waals surface area contributed by atoms with Crippen LogP contribution in [0.3, 0.4) is 0 Å². The molecule has 5 aliphatic rings. The number of pyridine rings is 1. The van der Waals surface area contributed by atoms with Crippen molar-refractivity contribution in [3.05, 3.63) is 75.0 Å². The van der Waals surface area contributed by atoms with Gasteiger partial charge in [0.15, 0.2) is 11.6 Å². The van der Waals surface area contributed by atoms with Gasteiger partial charge < -0.3 is 19.5 Å². The number of hydrogen-bond donors (Lipinski definition) is 1. The van der Waals surface area contributed by atoms with Crippen molar-refractivity contribution in [2.24, 2.45) is 18.9 Å². The van der Waals surface area contributed by atoms with Crippen molar-refractivity contribution in [3.8, 4) is 22.9 Å². The normalized spacial score (nSPS) is 23.7. The van der Waals surface area contributed by atoms with Crippen molar-refractivity contribution in [1.82, 2.24) is 29.5 Å². The third kappa shape index (κ3) is 5.49. The number of nitriles is 1. The van der Waals surface area contributed by atoms with Crippen molar-refractivity contribution < 1.29 is 22.7 Å². The standard InChI is InChI=1S/C39H36Cl2F3N7O2/c1-18-24-14-29(28-13-22(17-50(28)39(52)19-8-9-19)53-30-16-47-49(2)37(30)38(43)44)51(35-21-12-27(35)46-15-21)36(24)25-11-20(5-4-10-45)31(33(42)34(25)48-18)23-6-3-7-26(40)32(23)41/h3,6-7,11,14,16,19,21-22,27-28,35,38,46H,4-5,8-9,12-13,15,17H2,1-2H3. The molecule has 2 aliphatic carbocycles. The van der Waals surface area contributed by atoms with Crippen LogP contribution < -0.4 is 10.1 Å². The molecule has 1 amide bonds. The molecule has 5 unspecified atom stereocenters. The third-order valence-electron chi connectivity index (χ3n) is 11.7. The fraction of sp³-hybridized carbons (Fsp3) is 0.436. The van der Waals surface area contributed by atoms with E-state index in [-0.39, 0.29) is 70.8 Å². The van der Waals surface area contributed by atoms with Gasteiger partial charge in [0.1, 0.15) is 17.3 Å². The van der Waals surface area contributed by atoms with Crippen molar-refractivity contribution in [1.29, 1.82) is 5.26 Å². The molecule has 3 saturated heterocycles. The lowest BCUT2D eigenvalue weighted by atomic mass is 9.79. The highest BCUT2D eigenvalue weighted by atomic mass is 35.5. The second kappa shape index (κ2) is 12.9. The summed E-state index contributed by atoms with van der Waals surface area (Å²) in [4.78, 5) is 20.7. The molecule has 9 nitrogen and oxygen atoms in total. The van der Waals surface area contributed by atoms with Crippen molar-refractivity contribution >= 4 is 50.9 Å². The van der Waals surface area contributed by atoms with Crippen LogP contribution in [0, 0.1) is 35.9 Å². The van der Waals surface area contributed by atoms with Gasteiger partial charge >= 0.3 is 0 Å². The zero-order valence-corrected chi connectivity index (χ0v) is 30.6. The Morgan fingerprint density at radius 1 is 1.19 bits per heavy atom. The molecule has 5 fully saturated rings. The number of carbonyl (C=O) groups excluding carboxylic acids is 1. The average molecular weight is 763 g/mol. The molecule has 6 heterocycles. The van der Waals surface area contributed by atoms with Crippen molar-refractivity contribution in [3.63, 3.8) is 0 Å². The smallest absolute Gasteiger partial charge is 0.283 e. The molecule has 3 aromatic heterocycles. The Morgan fingerprint density at radius 2 is 2.00 bits per heavy atom. The number of likely N-dealkylation sites (tertiary alicyclic amines) is 1. The fourth-order valence-corrected chi connectivity index (χ4v) is 9.41. The van der Waals surface area contributed by atoms with Crippen LogP contribution in [-0.4, -0.2) is 55.4 Å². The highest BCUT2D eigenvalue weighted by Gasteiger charge is 2.51. The number of carbonyl (C=O) groups is 1. The summed E-state index contributed by atoms with van der Waals surface area (Å²) < 4.78 is 54.9. The number of hydrogen-bond acceptors (Lipinski definition) is 6.